The Balaban J connectivity index is 0.000000162. The van der Waals surface area contributed by atoms with Crippen molar-refractivity contribution in [3.8, 4) is 0 Å². The van der Waals surface area contributed by atoms with Crippen LogP contribution in [0.3, 0.4) is 0 Å². The zero-order chi connectivity index (χ0) is 43.6. The van der Waals surface area contributed by atoms with E-state index >= 15 is 0 Å². The molecule has 0 amide bonds. The van der Waals surface area contributed by atoms with Gasteiger partial charge in [0.1, 0.15) is 0 Å². The van der Waals surface area contributed by atoms with Crippen molar-refractivity contribution in [3.63, 3.8) is 0 Å². The van der Waals surface area contributed by atoms with Crippen LogP contribution in [-0.4, -0.2) is 0 Å². The van der Waals surface area contributed by atoms with Crippen LogP contribution in [0.1, 0.15) is 115 Å². The molecule has 0 radical (unpaired) electrons. The molecule has 0 bridgehead atoms. The number of hydrogen-bond acceptors (Lipinski definition) is 0. The maximum absolute atomic E-state index is 2.36. The Morgan fingerprint density at radius 3 is 1.18 bits per heavy atom. The summed E-state index contributed by atoms with van der Waals surface area (Å²) < 4.78 is 0. The molecule has 0 fully saturated rings. The molecule has 0 heteroatoms. The van der Waals surface area contributed by atoms with Crippen molar-refractivity contribution in [1.29, 1.82) is 0 Å². The van der Waals surface area contributed by atoms with Crippen molar-refractivity contribution in [3.05, 3.63) is 201 Å². The fourth-order valence-electron chi connectivity index (χ4n) is 7.90. The van der Waals surface area contributed by atoms with Gasteiger partial charge in [0.15, 0.2) is 0 Å². The third-order valence-electron chi connectivity index (χ3n) is 12.2. The summed E-state index contributed by atoms with van der Waals surface area (Å²) in [6.45, 7) is 26.5. The first-order valence-electron chi connectivity index (χ1n) is 22.8. The summed E-state index contributed by atoms with van der Waals surface area (Å²) in [5.41, 5.74) is 16.1. The van der Waals surface area contributed by atoms with Crippen LogP contribution >= 0.6 is 0 Å². The van der Waals surface area contributed by atoms with E-state index < -0.39 is 0 Å². The fraction of sp³-hybridized carbons (Fsp3) is 0.367. The number of hydrogen-bond donors (Lipinski definition) is 0. The Hall–Kier alpha value is -4.94. The van der Waals surface area contributed by atoms with Gasteiger partial charge in [-0.05, 0) is 171 Å². The smallest absolute Gasteiger partial charge is 0.0152 e. The SMILES string of the molecule is CCC(C)C.Cc1ccc2cccc(C)c2c1.Cc1ccc2cccc(C)c2c1.Cc1cccc2c1CC(C)CC2.Cc1cccc2c1CC(C)CC2.Cc1ccccc1. The summed E-state index contributed by atoms with van der Waals surface area (Å²) in [6, 6.07) is 49.6. The van der Waals surface area contributed by atoms with Gasteiger partial charge < -0.3 is 0 Å². The van der Waals surface area contributed by atoms with E-state index in [2.05, 4.69) is 204 Å². The van der Waals surface area contributed by atoms with Crippen LogP contribution in [0, 0.1) is 66.2 Å². The first kappa shape index (κ1) is 47.7. The van der Waals surface area contributed by atoms with Crippen LogP contribution in [0.2, 0.25) is 0 Å². The third kappa shape index (κ3) is 15.3. The summed E-state index contributed by atoms with van der Waals surface area (Å²) in [7, 11) is 0. The molecular formula is C60H76. The molecule has 0 saturated carbocycles. The summed E-state index contributed by atoms with van der Waals surface area (Å²) in [4.78, 5) is 0. The number of rotatable bonds is 1. The highest BCUT2D eigenvalue weighted by molar-refractivity contribution is 5.86. The molecule has 2 aliphatic carbocycles. The van der Waals surface area contributed by atoms with Crippen molar-refractivity contribution in [1.82, 2.24) is 0 Å². The van der Waals surface area contributed by atoms with Crippen LogP contribution in [-0.2, 0) is 25.7 Å². The molecular weight excluding hydrogens is 721 g/mol. The van der Waals surface area contributed by atoms with E-state index in [-0.39, 0.29) is 0 Å². The molecule has 0 nitrogen and oxygen atoms in total. The van der Waals surface area contributed by atoms with Gasteiger partial charge in [-0.2, -0.15) is 0 Å². The molecule has 316 valence electrons. The zero-order valence-electron chi connectivity index (χ0n) is 39.5. The Morgan fingerprint density at radius 2 is 0.817 bits per heavy atom. The number of fused-ring (bicyclic) bond motifs is 4. The van der Waals surface area contributed by atoms with Gasteiger partial charge in [-0.25, -0.2) is 0 Å². The maximum atomic E-state index is 2.36. The van der Waals surface area contributed by atoms with Gasteiger partial charge in [0.25, 0.3) is 0 Å². The zero-order valence-corrected chi connectivity index (χ0v) is 39.5. The molecule has 0 aliphatic heterocycles. The first-order chi connectivity index (χ1) is 28.7. The lowest BCUT2D eigenvalue weighted by Gasteiger charge is -2.22. The summed E-state index contributed by atoms with van der Waals surface area (Å²) in [6.07, 6.45) is 9.22. The maximum Gasteiger partial charge on any atom is -0.0152 e. The minimum Gasteiger partial charge on any atom is -0.0651 e. The van der Waals surface area contributed by atoms with E-state index in [1.165, 1.54) is 105 Å². The van der Waals surface area contributed by atoms with E-state index in [1.54, 1.807) is 22.3 Å². The van der Waals surface area contributed by atoms with Gasteiger partial charge in [-0.3, -0.25) is 0 Å². The molecule has 7 aromatic carbocycles. The third-order valence-corrected chi connectivity index (χ3v) is 12.2. The minimum absolute atomic E-state index is 0.884. The lowest BCUT2D eigenvalue weighted by atomic mass is 9.83. The monoisotopic (exact) mass is 797 g/mol. The topological polar surface area (TPSA) is 0 Å². The summed E-state index contributed by atoms with van der Waals surface area (Å²) in [5.74, 6) is 2.66. The van der Waals surface area contributed by atoms with E-state index in [1.807, 2.05) is 18.2 Å². The molecule has 2 unspecified atom stereocenters. The highest BCUT2D eigenvalue weighted by Crippen LogP contribution is 2.28. The predicted octanol–water partition coefficient (Wildman–Crippen LogP) is 17.2. The molecule has 0 aromatic heterocycles. The minimum atomic E-state index is 0.884. The highest BCUT2D eigenvalue weighted by Gasteiger charge is 2.16. The predicted molar refractivity (Wildman–Crippen MR) is 268 cm³/mol. The Labute approximate surface area is 366 Å². The standard InChI is InChI=1S/2C12H16.2C12H12.C7H8.C5H12/c4*1-9-6-7-11-5-3-4-10(2)12(11)8-9;1-7-5-3-2-4-6-7;1-4-5(2)3/h2*3-5,9H,6-8H2,1-2H3;2*3-8H,1-2H3;2-6H,1H3;5H,4H2,1-3H3. The Kier molecular flexibility index (Phi) is 19.4. The lowest BCUT2D eigenvalue weighted by molar-refractivity contribution is 0.499. The quantitative estimate of drug-likeness (QED) is 0.155. The largest absolute Gasteiger partial charge is 0.0651 e. The van der Waals surface area contributed by atoms with Crippen LogP contribution in [0.25, 0.3) is 21.5 Å². The van der Waals surface area contributed by atoms with Crippen molar-refractivity contribution in [2.45, 2.75) is 128 Å². The second-order valence-electron chi connectivity index (χ2n) is 18.2. The molecule has 0 N–H and O–H groups in total. The fourth-order valence-corrected chi connectivity index (χ4v) is 7.90. The van der Waals surface area contributed by atoms with Gasteiger partial charge in [0.2, 0.25) is 0 Å². The molecule has 0 spiro atoms. The second-order valence-corrected chi connectivity index (χ2v) is 18.2. The van der Waals surface area contributed by atoms with Gasteiger partial charge >= 0.3 is 0 Å². The van der Waals surface area contributed by atoms with Crippen LogP contribution < -0.4 is 0 Å². The van der Waals surface area contributed by atoms with Gasteiger partial charge in [-0.1, -0.05) is 197 Å². The lowest BCUT2D eigenvalue weighted by Crippen LogP contribution is -2.12. The average molecular weight is 797 g/mol. The van der Waals surface area contributed by atoms with Crippen molar-refractivity contribution >= 4 is 21.5 Å². The van der Waals surface area contributed by atoms with E-state index in [4.69, 9.17) is 0 Å². The van der Waals surface area contributed by atoms with E-state index in [9.17, 15) is 0 Å². The van der Waals surface area contributed by atoms with E-state index in [0.717, 1.165) is 17.8 Å². The highest BCUT2D eigenvalue weighted by atomic mass is 14.2. The molecule has 2 atom stereocenters. The average Bonchev–Trinajstić information content (AvgIpc) is 3.24. The van der Waals surface area contributed by atoms with Gasteiger partial charge in [-0.15, -0.1) is 0 Å². The van der Waals surface area contributed by atoms with Crippen LogP contribution in [0.5, 0.6) is 0 Å². The Morgan fingerprint density at radius 1 is 0.433 bits per heavy atom. The van der Waals surface area contributed by atoms with E-state index in [0.29, 0.717) is 0 Å². The van der Waals surface area contributed by atoms with Crippen molar-refractivity contribution in [2.75, 3.05) is 0 Å². The normalized spacial score (nSPS) is 14.8. The molecule has 2 aliphatic rings. The van der Waals surface area contributed by atoms with Crippen molar-refractivity contribution < 1.29 is 0 Å². The molecule has 9 rings (SSSR count). The van der Waals surface area contributed by atoms with Gasteiger partial charge in [0, 0.05) is 0 Å². The van der Waals surface area contributed by atoms with Crippen LogP contribution in [0.4, 0.5) is 0 Å². The molecule has 0 saturated heterocycles. The Bertz CT molecular complexity index is 2190. The first-order valence-corrected chi connectivity index (χ1v) is 22.8. The molecule has 60 heavy (non-hydrogen) atoms. The van der Waals surface area contributed by atoms with Gasteiger partial charge in [0.05, 0.1) is 0 Å². The number of aryl methyl sites for hydroxylation is 9. The van der Waals surface area contributed by atoms with Crippen LogP contribution in [0.15, 0.2) is 140 Å². The summed E-state index contributed by atoms with van der Waals surface area (Å²) >= 11 is 0. The summed E-state index contributed by atoms with van der Waals surface area (Å²) in [5, 5.41) is 5.41. The molecule has 7 aromatic rings. The number of benzene rings is 7. The second kappa shape index (κ2) is 24.3. The molecule has 0 heterocycles. The van der Waals surface area contributed by atoms with Crippen molar-refractivity contribution in [2.24, 2.45) is 17.8 Å².